The summed E-state index contributed by atoms with van der Waals surface area (Å²) in [7, 11) is 0. The molecule has 0 N–H and O–H groups in total. The van der Waals surface area contributed by atoms with Gasteiger partial charge in [0.15, 0.2) is 0 Å². The van der Waals surface area contributed by atoms with E-state index in [1.54, 1.807) is 0 Å². The number of hydrogen-bond donors (Lipinski definition) is 0. The van der Waals surface area contributed by atoms with E-state index >= 15 is 0 Å². The number of nitrogens with zero attached hydrogens (tertiary/aromatic N) is 1. The van der Waals surface area contributed by atoms with Crippen LogP contribution in [0.15, 0.2) is 0 Å². The van der Waals surface area contributed by atoms with E-state index in [-0.39, 0.29) is 12.4 Å². The van der Waals surface area contributed by atoms with E-state index in [9.17, 15) is 0 Å². The van der Waals surface area contributed by atoms with Crippen LogP contribution in [0.1, 0.15) is 163 Å². The van der Waals surface area contributed by atoms with Gasteiger partial charge in [-0.3, -0.25) is 0 Å². The van der Waals surface area contributed by atoms with Crippen LogP contribution in [0.2, 0.25) is 0 Å². The van der Waals surface area contributed by atoms with Gasteiger partial charge in [-0.1, -0.05) is 111 Å². The van der Waals surface area contributed by atoms with Gasteiger partial charge < -0.3 is 16.9 Å². The fraction of sp³-hybridized carbons (Fsp3) is 1.00. The van der Waals surface area contributed by atoms with Crippen LogP contribution in [0.3, 0.4) is 0 Å². The Bertz CT molecular complexity index is 277. The number of unbranched alkanes of at least 4 members (excludes halogenated alkanes) is 17. The zero-order valence-corrected chi connectivity index (χ0v) is 23.3. The standard InChI is InChI=1S/C29H62N.ClH/c1-5-9-13-16-19-23-27-30(26-22-12-8-4,28-24-20-17-14-10-6-2)29-25-21-18-15-11-7-3;/h5-29H2,1-4H3;1H/q+1;/p-1. The van der Waals surface area contributed by atoms with Crippen molar-refractivity contribution in [2.75, 3.05) is 26.2 Å². The largest absolute Gasteiger partial charge is 1.00 e. The van der Waals surface area contributed by atoms with Crippen LogP contribution in [0.25, 0.3) is 0 Å². The second kappa shape index (κ2) is 26.5. The highest BCUT2D eigenvalue weighted by Crippen LogP contribution is 2.20. The molecule has 1 nitrogen and oxygen atoms in total. The SMILES string of the molecule is CCCCCCCC[N+](CCCCC)(CCCCCCCC)CCCCCCCC.[Cl-]. The Morgan fingerprint density at radius 1 is 0.290 bits per heavy atom. The van der Waals surface area contributed by atoms with Crippen molar-refractivity contribution in [3.8, 4) is 0 Å². The third-order valence-electron chi connectivity index (χ3n) is 7.19. The molecule has 0 aliphatic rings. The molecule has 0 rings (SSSR count). The van der Waals surface area contributed by atoms with Crippen molar-refractivity contribution in [2.24, 2.45) is 0 Å². The molecule has 0 heterocycles. The Kier molecular flexibility index (Phi) is 28.6. The molecule has 0 amide bonds. The molecule has 0 saturated carbocycles. The lowest BCUT2D eigenvalue weighted by molar-refractivity contribution is -0.929. The summed E-state index contributed by atoms with van der Waals surface area (Å²) >= 11 is 0. The molecule has 0 bridgehead atoms. The average Bonchev–Trinajstić information content (AvgIpc) is 2.75. The van der Waals surface area contributed by atoms with Crippen molar-refractivity contribution in [1.29, 1.82) is 0 Å². The summed E-state index contributed by atoms with van der Waals surface area (Å²) < 4.78 is 1.47. The summed E-state index contributed by atoms with van der Waals surface area (Å²) in [4.78, 5) is 0. The highest BCUT2D eigenvalue weighted by atomic mass is 35.5. The summed E-state index contributed by atoms with van der Waals surface area (Å²) in [6.45, 7) is 15.2. The first kappa shape index (κ1) is 33.4. The topological polar surface area (TPSA) is 0 Å². The minimum absolute atomic E-state index is 0. The van der Waals surface area contributed by atoms with Gasteiger partial charge >= 0.3 is 0 Å². The normalized spacial score (nSPS) is 11.6. The van der Waals surface area contributed by atoms with Crippen LogP contribution >= 0.6 is 0 Å². The maximum absolute atomic E-state index is 2.36. The maximum atomic E-state index is 2.36. The Labute approximate surface area is 205 Å². The van der Waals surface area contributed by atoms with Crippen LogP contribution in [0.4, 0.5) is 0 Å². The molecule has 0 aliphatic carbocycles. The van der Waals surface area contributed by atoms with E-state index in [1.165, 1.54) is 165 Å². The number of halogens is 1. The van der Waals surface area contributed by atoms with Crippen LogP contribution in [0.5, 0.6) is 0 Å². The van der Waals surface area contributed by atoms with Gasteiger partial charge in [0, 0.05) is 0 Å². The third kappa shape index (κ3) is 21.8. The minimum Gasteiger partial charge on any atom is -1.00 e. The predicted molar refractivity (Wildman–Crippen MR) is 139 cm³/mol. The predicted octanol–water partition coefficient (Wildman–Crippen LogP) is 7.08. The smallest absolute Gasteiger partial charge is 0.0786 e. The third-order valence-corrected chi connectivity index (χ3v) is 7.19. The van der Waals surface area contributed by atoms with E-state index in [0.29, 0.717) is 0 Å². The second-order valence-corrected chi connectivity index (χ2v) is 10.2. The van der Waals surface area contributed by atoms with Crippen molar-refractivity contribution in [3.63, 3.8) is 0 Å². The van der Waals surface area contributed by atoms with Gasteiger partial charge in [0.1, 0.15) is 0 Å². The molecule has 2 heteroatoms. The molecule has 0 aromatic rings. The number of hydrogen-bond acceptors (Lipinski definition) is 0. The molecular formula is C29H62ClN. The lowest BCUT2D eigenvalue weighted by Crippen LogP contribution is -3.00. The number of quaternary nitrogens is 1. The summed E-state index contributed by atoms with van der Waals surface area (Å²) in [5, 5.41) is 0. The van der Waals surface area contributed by atoms with Gasteiger partial charge in [-0.05, 0) is 51.4 Å². The first-order valence-electron chi connectivity index (χ1n) is 14.6. The van der Waals surface area contributed by atoms with Crippen molar-refractivity contribution in [1.82, 2.24) is 0 Å². The van der Waals surface area contributed by atoms with Crippen molar-refractivity contribution in [3.05, 3.63) is 0 Å². The molecule has 0 aliphatic heterocycles. The molecule has 190 valence electrons. The summed E-state index contributed by atoms with van der Waals surface area (Å²) in [6, 6.07) is 0. The Morgan fingerprint density at radius 2 is 0.484 bits per heavy atom. The van der Waals surface area contributed by atoms with Crippen molar-refractivity contribution < 1.29 is 16.9 Å². The first-order chi connectivity index (χ1) is 14.7. The van der Waals surface area contributed by atoms with Gasteiger partial charge in [0.2, 0.25) is 0 Å². The average molecular weight is 460 g/mol. The zero-order chi connectivity index (χ0) is 22.2. The molecular weight excluding hydrogens is 398 g/mol. The molecule has 31 heavy (non-hydrogen) atoms. The van der Waals surface area contributed by atoms with Gasteiger partial charge in [-0.15, -0.1) is 0 Å². The van der Waals surface area contributed by atoms with Gasteiger partial charge in [0.05, 0.1) is 26.2 Å². The second-order valence-electron chi connectivity index (χ2n) is 10.2. The molecule has 0 spiro atoms. The van der Waals surface area contributed by atoms with Crippen LogP contribution in [-0.2, 0) is 0 Å². The zero-order valence-electron chi connectivity index (χ0n) is 22.5. The fourth-order valence-electron chi connectivity index (χ4n) is 5.05. The molecule has 0 saturated heterocycles. The lowest BCUT2D eigenvalue weighted by Gasteiger charge is -2.39. The maximum Gasteiger partial charge on any atom is 0.0786 e. The molecule has 0 aromatic heterocycles. The number of rotatable bonds is 25. The van der Waals surface area contributed by atoms with E-state index in [4.69, 9.17) is 0 Å². The summed E-state index contributed by atoms with van der Waals surface area (Å²) in [5.41, 5.74) is 0. The minimum atomic E-state index is 0. The van der Waals surface area contributed by atoms with Gasteiger partial charge in [0.25, 0.3) is 0 Å². The summed E-state index contributed by atoms with van der Waals surface area (Å²) in [6.07, 6.45) is 30.3. The van der Waals surface area contributed by atoms with Gasteiger partial charge in [-0.25, -0.2) is 0 Å². The summed E-state index contributed by atoms with van der Waals surface area (Å²) in [5.74, 6) is 0. The fourth-order valence-corrected chi connectivity index (χ4v) is 5.05. The van der Waals surface area contributed by atoms with Crippen LogP contribution in [-0.4, -0.2) is 30.7 Å². The molecule has 0 atom stereocenters. The molecule has 0 aromatic carbocycles. The first-order valence-corrected chi connectivity index (χ1v) is 14.6. The Balaban J connectivity index is 0. The molecule has 0 unspecified atom stereocenters. The van der Waals surface area contributed by atoms with E-state index < -0.39 is 0 Å². The van der Waals surface area contributed by atoms with Crippen molar-refractivity contribution in [2.45, 2.75) is 163 Å². The molecule has 0 fully saturated rings. The van der Waals surface area contributed by atoms with Crippen molar-refractivity contribution >= 4 is 0 Å². The van der Waals surface area contributed by atoms with E-state index in [1.807, 2.05) is 0 Å². The Morgan fingerprint density at radius 3 is 0.774 bits per heavy atom. The monoisotopic (exact) mass is 459 g/mol. The Hall–Kier alpha value is 0.250. The quantitative estimate of drug-likeness (QED) is 0.101. The van der Waals surface area contributed by atoms with E-state index in [2.05, 4.69) is 27.7 Å². The lowest BCUT2D eigenvalue weighted by atomic mass is 10.1. The van der Waals surface area contributed by atoms with Gasteiger partial charge in [-0.2, -0.15) is 0 Å². The highest BCUT2D eigenvalue weighted by Gasteiger charge is 2.25. The van der Waals surface area contributed by atoms with Crippen LogP contribution in [0, 0.1) is 0 Å². The highest BCUT2D eigenvalue weighted by molar-refractivity contribution is 4.54. The van der Waals surface area contributed by atoms with E-state index in [0.717, 1.165) is 0 Å². The van der Waals surface area contributed by atoms with Crippen LogP contribution < -0.4 is 12.4 Å². The molecule has 0 radical (unpaired) electrons.